The summed E-state index contributed by atoms with van der Waals surface area (Å²) in [6.07, 6.45) is -4.66. The highest BCUT2D eigenvalue weighted by Gasteiger charge is 2.36. The Morgan fingerprint density at radius 2 is 1.82 bits per heavy atom. The SMILES string of the molecule is Cc1cc(C(F)(F)F)n2nc(-c3nc(-c4ccc(Cl)cc4Cl)no3)c(Cl)c2n1. The number of alkyl halides is 3. The summed E-state index contributed by atoms with van der Waals surface area (Å²) in [7, 11) is 0. The van der Waals surface area contributed by atoms with Crippen molar-refractivity contribution in [1.82, 2.24) is 24.7 Å². The lowest BCUT2D eigenvalue weighted by Crippen LogP contribution is -2.13. The van der Waals surface area contributed by atoms with E-state index < -0.39 is 11.9 Å². The van der Waals surface area contributed by atoms with Crippen LogP contribution in [-0.2, 0) is 6.18 Å². The third-order valence-electron chi connectivity index (χ3n) is 3.75. The van der Waals surface area contributed by atoms with Crippen LogP contribution in [0.4, 0.5) is 13.2 Å². The normalized spacial score (nSPS) is 12.1. The quantitative estimate of drug-likeness (QED) is 0.391. The van der Waals surface area contributed by atoms with E-state index in [1.807, 2.05) is 0 Å². The maximum absolute atomic E-state index is 13.3. The summed E-state index contributed by atoms with van der Waals surface area (Å²) >= 11 is 18.2. The topological polar surface area (TPSA) is 69.1 Å². The van der Waals surface area contributed by atoms with Gasteiger partial charge in [-0.1, -0.05) is 40.0 Å². The van der Waals surface area contributed by atoms with Gasteiger partial charge in [0.1, 0.15) is 10.7 Å². The number of rotatable bonds is 2. The summed E-state index contributed by atoms with van der Waals surface area (Å²) in [6.45, 7) is 1.42. The van der Waals surface area contributed by atoms with Gasteiger partial charge in [-0.2, -0.15) is 23.3 Å². The number of benzene rings is 1. The lowest BCUT2D eigenvalue weighted by Gasteiger charge is -2.09. The van der Waals surface area contributed by atoms with Crippen LogP contribution < -0.4 is 0 Å². The van der Waals surface area contributed by atoms with Crippen molar-refractivity contribution in [3.05, 3.63) is 50.7 Å². The Labute approximate surface area is 169 Å². The fourth-order valence-corrected chi connectivity index (χ4v) is 3.29. The highest BCUT2D eigenvalue weighted by atomic mass is 35.5. The van der Waals surface area contributed by atoms with Gasteiger partial charge in [-0.05, 0) is 31.2 Å². The van der Waals surface area contributed by atoms with Crippen molar-refractivity contribution in [2.24, 2.45) is 0 Å². The number of fused-ring (bicyclic) bond motifs is 1. The van der Waals surface area contributed by atoms with Crippen molar-refractivity contribution in [2.75, 3.05) is 0 Å². The molecule has 0 atom stereocenters. The zero-order chi connectivity index (χ0) is 20.2. The number of aromatic nitrogens is 5. The van der Waals surface area contributed by atoms with Gasteiger partial charge < -0.3 is 4.52 Å². The first kappa shape index (κ1) is 19.0. The fourth-order valence-electron chi connectivity index (χ4n) is 2.55. The molecule has 3 heterocycles. The predicted molar refractivity (Wildman–Crippen MR) is 96.5 cm³/mol. The Morgan fingerprint density at radius 3 is 2.50 bits per heavy atom. The molecule has 6 nitrogen and oxygen atoms in total. The molecule has 0 aliphatic carbocycles. The van der Waals surface area contributed by atoms with Gasteiger partial charge in [-0.3, -0.25) is 0 Å². The number of hydrogen-bond acceptors (Lipinski definition) is 5. The van der Waals surface area contributed by atoms with Crippen LogP contribution in [0.5, 0.6) is 0 Å². The molecule has 28 heavy (non-hydrogen) atoms. The van der Waals surface area contributed by atoms with Gasteiger partial charge in [0.15, 0.2) is 11.3 Å². The molecule has 0 aliphatic heterocycles. The largest absolute Gasteiger partial charge is 0.433 e. The average Bonchev–Trinajstić information content (AvgIpc) is 3.19. The second-order valence-corrected chi connectivity index (χ2v) is 6.95. The Balaban J connectivity index is 1.87. The van der Waals surface area contributed by atoms with Gasteiger partial charge in [0, 0.05) is 16.3 Å². The summed E-state index contributed by atoms with van der Waals surface area (Å²) in [5.41, 5.74) is -0.774. The molecule has 144 valence electrons. The predicted octanol–water partition coefficient (Wildman–Crippen LogP) is 5.73. The van der Waals surface area contributed by atoms with Crippen molar-refractivity contribution in [3.63, 3.8) is 0 Å². The zero-order valence-electron chi connectivity index (χ0n) is 13.7. The molecule has 0 N–H and O–H groups in total. The first-order chi connectivity index (χ1) is 13.1. The monoisotopic (exact) mass is 447 g/mol. The summed E-state index contributed by atoms with van der Waals surface area (Å²) in [4.78, 5) is 8.16. The van der Waals surface area contributed by atoms with Crippen LogP contribution in [0.3, 0.4) is 0 Å². The van der Waals surface area contributed by atoms with Crippen molar-refractivity contribution < 1.29 is 17.7 Å². The van der Waals surface area contributed by atoms with E-state index in [1.54, 1.807) is 12.1 Å². The maximum Gasteiger partial charge on any atom is 0.433 e. The number of hydrogen-bond donors (Lipinski definition) is 0. The Bertz CT molecular complexity index is 1220. The van der Waals surface area contributed by atoms with E-state index in [2.05, 4.69) is 20.2 Å². The lowest BCUT2D eigenvalue weighted by atomic mass is 10.2. The number of halogens is 6. The molecule has 0 saturated carbocycles. The standard InChI is InChI=1S/C16H7Cl3F3N5O/c1-6-4-10(16(20,21)22)27-14(23-6)11(19)12(25-27)15-24-13(26-28-15)8-3-2-7(17)5-9(8)18/h2-5H,1H3. The third-order valence-corrected chi connectivity index (χ3v) is 4.65. The number of nitrogens with zero attached hydrogens (tertiary/aromatic N) is 5. The van der Waals surface area contributed by atoms with Gasteiger partial charge in [-0.15, -0.1) is 0 Å². The second-order valence-electron chi connectivity index (χ2n) is 5.73. The van der Waals surface area contributed by atoms with Gasteiger partial charge in [-0.25, -0.2) is 9.50 Å². The minimum Gasteiger partial charge on any atom is -0.332 e. The molecule has 0 unspecified atom stereocenters. The van der Waals surface area contributed by atoms with Crippen LogP contribution >= 0.6 is 34.8 Å². The molecular weight excluding hydrogens is 442 g/mol. The van der Waals surface area contributed by atoms with Crippen LogP contribution in [0.25, 0.3) is 28.6 Å². The first-order valence-electron chi connectivity index (χ1n) is 7.57. The van der Waals surface area contributed by atoms with Gasteiger partial charge >= 0.3 is 6.18 Å². The molecule has 0 saturated heterocycles. The third kappa shape index (κ3) is 3.19. The Hall–Kier alpha value is -2.36. The van der Waals surface area contributed by atoms with E-state index in [-0.39, 0.29) is 38.8 Å². The van der Waals surface area contributed by atoms with Gasteiger partial charge in [0.25, 0.3) is 5.89 Å². The van der Waals surface area contributed by atoms with E-state index in [0.29, 0.717) is 15.1 Å². The molecule has 0 aliphatic rings. The lowest BCUT2D eigenvalue weighted by molar-refractivity contribution is -0.142. The average molecular weight is 449 g/mol. The Kier molecular flexibility index (Phi) is 4.48. The zero-order valence-corrected chi connectivity index (χ0v) is 16.0. The van der Waals surface area contributed by atoms with Crippen LogP contribution in [0.2, 0.25) is 15.1 Å². The molecule has 0 bridgehead atoms. The van der Waals surface area contributed by atoms with Crippen LogP contribution in [0.1, 0.15) is 11.4 Å². The van der Waals surface area contributed by atoms with E-state index >= 15 is 0 Å². The molecular formula is C16H7Cl3F3N5O. The molecule has 0 spiro atoms. The van der Waals surface area contributed by atoms with E-state index in [9.17, 15) is 13.2 Å². The van der Waals surface area contributed by atoms with Crippen LogP contribution in [0, 0.1) is 6.92 Å². The van der Waals surface area contributed by atoms with E-state index in [0.717, 1.165) is 6.07 Å². The smallest absolute Gasteiger partial charge is 0.332 e. The second kappa shape index (κ2) is 6.61. The minimum absolute atomic E-state index is 0.102. The molecule has 0 radical (unpaired) electrons. The van der Waals surface area contributed by atoms with Crippen molar-refractivity contribution in [1.29, 1.82) is 0 Å². The summed E-state index contributed by atoms with van der Waals surface area (Å²) in [5.74, 6) is -0.0766. The summed E-state index contributed by atoms with van der Waals surface area (Å²) in [6, 6.07) is 5.53. The van der Waals surface area contributed by atoms with Gasteiger partial charge in [0.05, 0.1) is 5.02 Å². The highest BCUT2D eigenvalue weighted by Crippen LogP contribution is 2.36. The van der Waals surface area contributed by atoms with Crippen LogP contribution in [-0.4, -0.2) is 24.7 Å². The highest BCUT2D eigenvalue weighted by molar-refractivity contribution is 6.36. The fraction of sp³-hybridized carbons (Fsp3) is 0.125. The Morgan fingerprint density at radius 1 is 1.07 bits per heavy atom. The van der Waals surface area contributed by atoms with Crippen molar-refractivity contribution in [3.8, 4) is 23.0 Å². The van der Waals surface area contributed by atoms with E-state index in [4.69, 9.17) is 39.3 Å². The summed E-state index contributed by atoms with van der Waals surface area (Å²) < 4.78 is 45.7. The molecule has 1 aromatic carbocycles. The molecule has 4 aromatic rings. The minimum atomic E-state index is -4.66. The molecule has 4 rings (SSSR count). The molecule has 3 aromatic heterocycles. The first-order valence-corrected chi connectivity index (χ1v) is 8.71. The molecule has 0 fully saturated rings. The number of aryl methyl sites for hydroxylation is 1. The molecule has 0 amide bonds. The summed E-state index contributed by atoms with van der Waals surface area (Å²) in [5, 5.41) is 8.22. The van der Waals surface area contributed by atoms with E-state index in [1.165, 1.54) is 13.0 Å². The van der Waals surface area contributed by atoms with Gasteiger partial charge in [0.2, 0.25) is 5.82 Å². The van der Waals surface area contributed by atoms with Crippen LogP contribution in [0.15, 0.2) is 28.8 Å². The molecule has 12 heteroatoms. The van der Waals surface area contributed by atoms with Crippen molar-refractivity contribution in [2.45, 2.75) is 13.1 Å². The maximum atomic E-state index is 13.3. The van der Waals surface area contributed by atoms with Crippen molar-refractivity contribution >= 4 is 40.4 Å².